The minimum Gasteiger partial charge on any atom is -0.497 e. The third kappa shape index (κ3) is 2.88. The Bertz CT molecular complexity index is 531. The van der Waals surface area contributed by atoms with E-state index in [4.69, 9.17) is 9.84 Å². The summed E-state index contributed by atoms with van der Waals surface area (Å²) in [6.07, 6.45) is 3.58. The zero-order valence-corrected chi connectivity index (χ0v) is 10.0. The van der Waals surface area contributed by atoms with Gasteiger partial charge in [0.15, 0.2) is 0 Å². The molecule has 0 aliphatic carbocycles. The number of carboxylic acid groups (broad SMARTS) is 1. The molecule has 0 saturated heterocycles. The summed E-state index contributed by atoms with van der Waals surface area (Å²) in [7, 11) is 1.62. The van der Waals surface area contributed by atoms with Crippen molar-refractivity contribution in [3.8, 4) is 17.0 Å². The van der Waals surface area contributed by atoms with Gasteiger partial charge in [-0.15, -0.1) is 0 Å². The fourth-order valence-electron chi connectivity index (χ4n) is 1.62. The standard InChI is InChI=1S/C13H14N2O3/c1-18-11-4-2-10(3-5-11)12-8-15(9-14-12)7-6-13(16)17/h2-5,8-9H,6-7H2,1H3,(H,16,17). The molecule has 0 bridgehead atoms. The maximum absolute atomic E-state index is 10.5. The van der Waals surface area contributed by atoms with E-state index in [9.17, 15) is 4.79 Å². The maximum atomic E-state index is 10.5. The van der Waals surface area contributed by atoms with E-state index in [1.165, 1.54) is 0 Å². The molecule has 2 rings (SSSR count). The van der Waals surface area contributed by atoms with Crippen LogP contribution in [-0.2, 0) is 11.3 Å². The first-order chi connectivity index (χ1) is 8.69. The number of carbonyl (C=O) groups is 1. The van der Waals surface area contributed by atoms with Crippen LogP contribution in [0.15, 0.2) is 36.8 Å². The van der Waals surface area contributed by atoms with Crippen LogP contribution in [0.2, 0.25) is 0 Å². The fraction of sp³-hybridized carbons (Fsp3) is 0.231. The normalized spacial score (nSPS) is 10.3. The zero-order valence-electron chi connectivity index (χ0n) is 10.0. The van der Waals surface area contributed by atoms with Gasteiger partial charge in [0, 0.05) is 18.3 Å². The first-order valence-corrected chi connectivity index (χ1v) is 5.57. The summed E-state index contributed by atoms with van der Waals surface area (Å²) in [6, 6.07) is 7.57. The van der Waals surface area contributed by atoms with Gasteiger partial charge in [0.2, 0.25) is 0 Å². The number of methoxy groups -OCH3 is 1. The number of rotatable bonds is 5. The van der Waals surface area contributed by atoms with Gasteiger partial charge in [-0.2, -0.15) is 0 Å². The summed E-state index contributed by atoms with van der Waals surface area (Å²) in [5, 5.41) is 8.61. The average molecular weight is 246 g/mol. The summed E-state index contributed by atoms with van der Waals surface area (Å²) >= 11 is 0. The van der Waals surface area contributed by atoms with Crippen LogP contribution < -0.4 is 4.74 Å². The molecule has 2 aromatic rings. The molecule has 5 heteroatoms. The number of nitrogens with zero attached hydrogens (tertiary/aromatic N) is 2. The smallest absolute Gasteiger partial charge is 0.305 e. The van der Waals surface area contributed by atoms with Crippen LogP contribution >= 0.6 is 0 Å². The Balaban J connectivity index is 2.10. The summed E-state index contributed by atoms with van der Waals surface area (Å²) < 4.78 is 6.86. The summed E-state index contributed by atoms with van der Waals surface area (Å²) in [6.45, 7) is 0.429. The topological polar surface area (TPSA) is 64.3 Å². The molecule has 0 atom stereocenters. The Kier molecular flexibility index (Phi) is 3.62. The largest absolute Gasteiger partial charge is 0.497 e. The third-order valence-corrected chi connectivity index (χ3v) is 2.60. The molecule has 0 radical (unpaired) electrons. The van der Waals surface area contributed by atoms with Gasteiger partial charge < -0.3 is 14.4 Å². The van der Waals surface area contributed by atoms with Gasteiger partial charge >= 0.3 is 5.97 Å². The number of hydrogen-bond acceptors (Lipinski definition) is 3. The van der Waals surface area contributed by atoms with Crippen molar-refractivity contribution in [2.75, 3.05) is 7.11 Å². The molecule has 0 fully saturated rings. The summed E-state index contributed by atoms with van der Waals surface area (Å²) in [5.41, 5.74) is 1.80. The van der Waals surface area contributed by atoms with E-state index in [0.717, 1.165) is 17.0 Å². The molecule has 1 heterocycles. The molecule has 1 N–H and O–H groups in total. The van der Waals surface area contributed by atoms with E-state index in [0.29, 0.717) is 6.54 Å². The van der Waals surface area contributed by atoms with Gasteiger partial charge in [-0.1, -0.05) is 0 Å². The Labute approximate surface area is 105 Å². The Morgan fingerprint density at radius 2 is 2.11 bits per heavy atom. The lowest BCUT2D eigenvalue weighted by Crippen LogP contribution is -2.02. The molecular weight excluding hydrogens is 232 g/mol. The van der Waals surface area contributed by atoms with Crippen LogP contribution in [0.4, 0.5) is 0 Å². The predicted molar refractivity (Wildman–Crippen MR) is 66.5 cm³/mol. The fourth-order valence-corrected chi connectivity index (χ4v) is 1.62. The number of ether oxygens (including phenoxy) is 1. The van der Waals surface area contributed by atoms with Crippen molar-refractivity contribution in [3.05, 3.63) is 36.8 Å². The number of aliphatic carboxylic acids is 1. The second-order valence-electron chi connectivity index (χ2n) is 3.87. The highest BCUT2D eigenvalue weighted by Crippen LogP contribution is 2.20. The SMILES string of the molecule is COc1ccc(-c2cn(CCC(=O)O)cn2)cc1. The molecule has 5 nitrogen and oxygen atoms in total. The predicted octanol–water partition coefficient (Wildman–Crippen LogP) is 2.03. The lowest BCUT2D eigenvalue weighted by Gasteiger charge is -2.00. The van der Waals surface area contributed by atoms with Crippen molar-refractivity contribution in [3.63, 3.8) is 0 Å². The number of hydrogen-bond donors (Lipinski definition) is 1. The van der Waals surface area contributed by atoms with Crippen molar-refractivity contribution in [2.45, 2.75) is 13.0 Å². The van der Waals surface area contributed by atoms with Gasteiger partial charge in [0.25, 0.3) is 0 Å². The van der Waals surface area contributed by atoms with Crippen molar-refractivity contribution in [1.29, 1.82) is 0 Å². The molecule has 0 spiro atoms. The highest BCUT2D eigenvalue weighted by Gasteiger charge is 2.04. The van der Waals surface area contributed by atoms with Crippen LogP contribution in [0.1, 0.15) is 6.42 Å². The molecule has 0 amide bonds. The van der Waals surface area contributed by atoms with Crippen LogP contribution in [0.25, 0.3) is 11.3 Å². The van der Waals surface area contributed by atoms with Crippen LogP contribution in [-0.4, -0.2) is 27.7 Å². The zero-order chi connectivity index (χ0) is 13.0. The van der Waals surface area contributed by atoms with Gasteiger partial charge in [0.1, 0.15) is 5.75 Å². The van der Waals surface area contributed by atoms with E-state index < -0.39 is 5.97 Å². The second-order valence-corrected chi connectivity index (χ2v) is 3.87. The molecule has 18 heavy (non-hydrogen) atoms. The molecule has 0 unspecified atom stereocenters. The van der Waals surface area contributed by atoms with E-state index in [1.807, 2.05) is 30.5 Å². The molecule has 0 aliphatic heterocycles. The van der Waals surface area contributed by atoms with Crippen LogP contribution in [0.3, 0.4) is 0 Å². The van der Waals surface area contributed by atoms with Crippen molar-refractivity contribution < 1.29 is 14.6 Å². The lowest BCUT2D eigenvalue weighted by molar-refractivity contribution is -0.137. The Hall–Kier alpha value is -2.30. The molecule has 1 aromatic carbocycles. The van der Waals surface area contributed by atoms with Crippen LogP contribution in [0, 0.1) is 0 Å². The average Bonchev–Trinajstić information content (AvgIpc) is 2.85. The number of benzene rings is 1. The minimum atomic E-state index is -0.810. The summed E-state index contributed by atoms with van der Waals surface area (Å²) in [5.74, 6) is -0.0150. The highest BCUT2D eigenvalue weighted by atomic mass is 16.5. The Morgan fingerprint density at radius 1 is 1.39 bits per heavy atom. The van der Waals surface area contributed by atoms with Crippen molar-refractivity contribution >= 4 is 5.97 Å². The van der Waals surface area contributed by atoms with Crippen molar-refractivity contribution in [1.82, 2.24) is 9.55 Å². The van der Waals surface area contributed by atoms with Crippen LogP contribution in [0.5, 0.6) is 5.75 Å². The van der Waals surface area contributed by atoms with E-state index >= 15 is 0 Å². The Morgan fingerprint density at radius 3 is 2.72 bits per heavy atom. The number of carboxylic acids is 1. The van der Waals surface area contributed by atoms with Gasteiger partial charge in [0.05, 0.1) is 25.6 Å². The van der Waals surface area contributed by atoms with Gasteiger partial charge in [-0.3, -0.25) is 4.79 Å². The van der Waals surface area contributed by atoms with E-state index in [2.05, 4.69) is 4.98 Å². The first kappa shape index (κ1) is 12.2. The third-order valence-electron chi connectivity index (χ3n) is 2.60. The molecule has 0 aliphatic rings. The van der Waals surface area contributed by atoms with Gasteiger partial charge in [-0.05, 0) is 24.3 Å². The van der Waals surface area contributed by atoms with E-state index in [-0.39, 0.29) is 6.42 Å². The molecular formula is C13H14N2O3. The first-order valence-electron chi connectivity index (χ1n) is 5.57. The maximum Gasteiger partial charge on any atom is 0.305 e. The highest BCUT2D eigenvalue weighted by molar-refractivity contribution is 5.66. The quantitative estimate of drug-likeness (QED) is 0.876. The second kappa shape index (κ2) is 5.35. The molecule has 94 valence electrons. The van der Waals surface area contributed by atoms with E-state index in [1.54, 1.807) is 18.0 Å². The number of aromatic nitrogens is 2. The minimum absolute atomic E-state index is 0.0956. The monoisotopic (exact) mass is 246 g/mol. The summed E-state index contributed by atoms with van der Waals surface area (Å²) in [4.78, 5) is 14.7. The number of imidazole rings is 1. The number of aryl methyl sites for hydroxylation is 1. The lowest BCUT2D eigenvalue weighted by atomic mass is 10.2. The van der Waals surface area contributed by atoms with Gasteiger partial charge in [-0.25, -0.2) is 4.98 Å². The van der Waals surface area contributed by atoms with Crippen molar-refractivity contribution in [2.24, 2.45) is 0 Å². The molecule has 1 aromatic heterocycles. The molecule has 0 saturated carbocycles.